The van der Waals surface area contributed by atoms with E-state index in [1.165, 1.54) is 5.56 Å². The molecular formula is C18H20N4O2. The van der Waals surface area contributed by atoms with Crippen LogP contribution in [0.1, 0.15) is 18.1 Å². The molecule has 3 aromatic rings. The first-order chi connectivity index (χ1) is 11.7. The molecule has 0 aliphatic heterocycles. The molecule has 0 fully saturated rings. The standard InChI is InChI=1S/C18H20N4O2/c1-2-22(10-7-13-5-8-19-9-6-13)17(23)12-14-3-4-15-16(11-14)21-18(24)20-15/h3-6,8-9,11H,2,7,10,12H2,1H3,(H2,20,21,24). The van der Waals surface area contributed by atoms with Crippen molar-refractivity contribution < 1.29 is 4.79 Å². The lowest BCUT2D eigenvalue weighted by atomic mass is 10.1. The first-order valence-electron chi connectivity index (χ1n) is 8.03. The molecule has 6 nitrogen and oxygen atoms in total. The first-order valence-corrected chi connectivity index (χ1v) is 8.03. The molecule has 0 spiro atoms. The number of benzene rings is 1. The maximum atomic E-state index is 12.5. The van der Waals surface area contributed by atoms with E-state index in [1.807, 2.05) is 42.2 Å². The molecule has 1 amide bonds. The predicted molar refractivity (Wildman–Crippen MR) is 92.8 cm³/mol. The topological polar surface area (TPSA) is 81.8 Å². The van der Waals surface area contributed by atoms with Crippen molar-refractivity contribution in [3.8, 4) is 0 Å². The van der Waals surface area contributed by atoms with Crippen molar-refractivity contribution in [1.29, 1.82) is 0 Å². The van der Waals surface area contributed by atoms with Crippen molar-refractivity contribution in [2.45, 2.75) is 19.8 Å². The normalized spacial score (nSPS) is 10.9. The van der Waals surface area contributed by atoms with Gasteiger partial charge in [0.15, 0.2) is 0 Å². The van der Waals surface area contributed by atoms with E-state index in [0.29, 0.717) is 19.5 Å². The zero-order valence-electron chi connectivity index (χ0n) is 13.6. The number of H-pyrrole nitrogens is 2. The summed E-state index contributed by atoms with van der Waals surface area (Å²) >= 11 is 0. The van der Waals surface area contributed by atoms with Gasteiger partial charge in [0.25, 0.3) is 0 Å². The van der Waals surface area contributed by atoms with Crippen LogP contribution in [0.5, 0.6) is 0 Å². The lowest BCUT2D eigenvalue weighted by Crippen LogP contribution is -2.33. The van der Waals surface area contributed by atoms with Crippen molar-refractivity contribution in [1.82, 2.24) is 19.9 Å². The predicted octanol–water partition coefficient (Wildman–Crippen LogP) is 1.88. The Morgan fingerprint density at radius 2 is 1.83 bits per heavy atom. The summed E-state index contributed by atoms with van der Waals surface area (Å²) < 4.78 is 0. The fourth-order valence-electron chi connectivity index (χ4n) is 2.75. The summed E-state index contributed by atoms with van der Waals surface area (Å²) in [6.07, 6.45) is 4.67. The highest BCUT2D eigenvalue weighted by atomic mass is 16.2. The second kappa shape index (κ2) is 7.12. The van der Waals surface area contributed by atoms with Gasteiger partial charge in [0.1, 0.15) is 0 Å². The van der Waals surface area contributed by atoms with Crippen LogP contribution in [0.25, 0.3) is 11.0 Å². The zero-order chi connectivity index (χ0) is 16.9. The van der Waals surface area contributed by atoms with Crippen LogP contribution in [0.15, 0.2) is 47.5 Å². The van der Waals surface area contributed by atoms with Crippen LogP contribution in [0.3, 0.4) is 0 Å². The van der Waals surface area contributed by atoms with Gasteiger partial charge in [-0.15, -0.1) is 0 Å². The van der Waals surface area contributed by atoms with Crippen LogP contribution in [0.4, 0.5) is 0 Å². The third kappa shape index (κ3) is 3.71. The SMILES string of the molecule is CCN(CCc1ccncc1)C(=O)Cc1ccc2[nH]c(=O)[nH]c2c1. The van der Waals surface area contributed by atoms with Crippen molar-refractivity contribution in [2.75, 3.05) is 13.1 Å². The van der Waals surface area contributed by atoms with Gasteiger partial charge in [0.05, 0.1) is 17.5 Å². The Morgan fingerprint density at radius 3 is 2.58 bits per heavy atom. The summed E-state index contributed by atoms with van der Waals surface area (Å²) in [4.78, 5) is 35.1. The van der Waals surface area contributed by atoms with E-state index in [9.17, 15) is 9.59 Å². The van der Waals surface area contributed by atoms with Crippen LogP contribution in [-0.4, -0.2) is 38.8 Å². The minimum atomic E-state index is -0.235. The third-order valence-corrected chi connectivity index (χ3v) is 4.09. The molecule has 0 bridgehead atoms. The number of rotatable bonds is 6. The molecule has 0 aliphatic rings. The van der Waals surface area contributed by atoms with Crippen LogP contribution in [0, 0.1) is 0 Å². The lowest BCUT2D eigenvalue weighted by molar-refractivity contribution is -0.130. The molecule has 0 saturated carbocycles. The highest BCUT2D eigenvalue weighted by molar-refractivity contribution is 5.81. The number of aromatic amines is 2. The van der Waals surface area contributed by atoms with E-state index in [1.54, 1.807) is 12.4 Å². The summed E-state index contributed by atoms with van der Waals surface area (Å²) in [6.45, 7) is 3.34. The molecule has 0 aliphatic carbocycles. The van der Waals surface area contributed by atoms with Crippen LogP contribution >= 0.6 is 0 Å². The number of nitrogens with one attached hydrogen (secondary N) is 2. The number of carbonyl (C=O) groups excluding carboxylic acids is 1. The number of fused-ring (bicyclic) bond motifs is 1. The highest BCUT2D eigenvalue weighted by Crippen LogP contribution is 2.12. The van der Waals surface area contributed by atoms with E-state index in [2.05, 4.69) is 15.0 Å². The second-order valence-corrected chi connectivity index (χ2v) is 5.71. The molecule has 0 atom stereocenters. The van der Waals surface area contributed by atoms with Crippen LogP contribution in [0.2, 0.25) is 0 Å². The number of hydrogen-bond donors (Lipinski definition) is 2. The highest BCUT2D eigenvalue weighted by Gasteiger charge is 2.13. The molecule has 2 heterocycles. The van der Waals surface area contributed by atoms with Crippen molar-refractivity contribution >= 4 is 16.9 Å². The van der Waals surface area contributed by atoms with Crippen LogP contribution in [-0.2, 0) is 17.6 Å². The molecule has 24 heavy (non-hydrogen) atoms. The van der Waals surface area contributed by atoms with E-state index >= 15 is 0 Å². The van der Waals surface area contributed by atoms with Gasteiger partial charge in [0, 0.05) is 25.5 Å². The minimum Gasteiger partial charge on any atom is -0.342 e. The van der Waals surface area contributed by atoms with Gasteiger partial charge >= 0.3 is 5.69 Å². The number of carbonyl (C=O) groups is 1. The summed E-state index contributed by atoms with van der Waals surface area (Å²) in [5.41, 5.74) is 3.31. The van der Waals surface area contributed by atoms with Gasteiger partial charge < -0.3 is 14.9 Å². The molecule has 2 N–H and O–H groups in total. The number of imidazole rings is 1. The maximum absolute atomic E-state index is 12.5. The maximum Gasteiger partial charge on any atom is 0.323 e. The molecule has 1 aromatic carbocycles. The Labute approximate surface area is 139 Å². The monoisotopic (exact) mass is 324 g/mol. The van der Waals surface area contributed by atoms with Gasteiger partial charge in [0.2, 0.25) is 5.91 Å². The number of nitrogens with zero attached hydrogens (tertiary/aromatic N) is 2. The van der Waals surface area contributed by atoms with Gasteiger partial charge in [-0.1, -0.05) is 6.07 Å². The average molecular weight is 324 g/mol. The largest absolute Gasteiger partial charge is 0.342 e. The van der Waals surface area contributed by atoms with Crippen molar-refractivity contribution in [3.05, 3.63) is 64.3 Å². The molecule has 0 saturated heterocycles. The van der Waals surface area contributed by atoms with Gasteiger partial charge in [-0.3, -0.25) is 9.78 Å². The van der Waals surface area contributed by atoms with E-state index in [4.69, 9.17) is 0 Å². The van der Waals surface area contributed by atoms with Crippen molar-refractivity contribution in [3.63, 3.8) is 0 Å². The van der Waals surface area contributed by atoms with Crippen LogP contribution < -0.4 is 5.69 Å². The van der Waals surface area contributed by atoms with E-state index < -0.39 is 0 Å². The second-order valence-electron chi connectivity index (χ2n) is 5.71. The number of amides is 1. The number of aromatic nitrogens is 3. The van der Waals surface area contributed by atoms with Crippen molar-refractivity contribution in [2.24, 2.45) is 0 Å². The average Bonchev–Trinajstić information content (AvgIpc) is 2.95. The van der Waals surface area contributed by atoms with Gasteiger partial charge in [-0.25, -0.2) is 4.79 Å². The fourth-order valence-corrected chi connectivity index (χ4v) is 2.75. The smallest absolute Gasteiger partial charge is 0.323 e. The first kappa shape index (κ1) is 16.0. The molecule has 0 radical (unpaired) electrons. The Hall–Kier alpha value is -2.89. The molecular weight excluding hydrogens is 304 g/mol. The molecule has 3 rings (SSSR count). The van der Waals surface area contributed by atoms with E-state index in [-0.39, 0.29) is 11.6 Å². The third-order valence-electron chi connectivity index (χ3n) is 4.09. The Kier molecular flexibility index (Phi) is 4.74. The zero-order valence-corrected chi connectivity index (χ0v) is 13.6. The number of hydrogen-bond acceptors (Lipinski definition) is 3. The molecule has 2 aromatic heterocycles. The van der Waals surface area contributed by atoms with Gasteiger partial charge in [-0.2, -0.15) is 0 Å². The quantitative estimate of drug-likeness (QED) is 0.726. The number of likely N-dealkylation sites (N-methyl/N-ethyl adjacent to an activating group) is 1. The Balaban J connectivity index is 1.65. The Morgan fingerprint density at radius 1 is 1.08 bits per heavy atom. The summed E-state index contributed by atoms with van der Waals surface area (Å²) in [5, 5.41) is 0. The van der Waals surface area contributed by atoms with Gasteiger partial charge in [-0.05, 0) is 48.7 Å². The molecule has 6 heteroatoms. The fraction of sp³-hybridized carbons (Fsp3) is 0.278. The molecule has 0 unspecified atom stereocenters. The lowest BCUT2D eigenvalue weighted by Gasteiger charge is -2.21. The van der Waals surface area contributed by atoms with E-state index in [0.717, 1.165) is 23.0 Å². The summed E-state index contributed by atoms with van der Waals surface area (Å²) in [6, 6.07) is 9.48. The minimum absolute atomic E-state index is 0.0868. The number of pyridine rings is 1. The Bertz CT molecular complexity index is 883. The molecule has 124 valence electrons. The summed E-state index contributed by atoms with van der Waals surface area (Å²) in [5.74, 6) is 0.0868. The summed E-state index contributed by atoms with van der Waals surface area (Å²) in [7, 11) is 0.